The van der Waals surface area contributed by atoms with Gasteiger partial charge in [0, 0.05) is 12.1 Å². The summed E-state index contributed by atoms with van der Waals surface area (Å²) in [7, 11) is 1.21. The van der Waals surface area contributed by atoms with Crippen molar-refractivity contribution >= 4 is 5.97 Å². The van der Waals surface area contributed by atoms with Gasteiger partial charge in [0.05, 0.1) is 7.11 Å². The van der Waals surface area contributed by atoms with Gasteiger partial charge in [-0.05, 0) is 13.0 Å². The third-order valence-electron chi connectivity index (χ3n) is 2.89. The van der Waals surface area contributed by atoms with Crippen molar-refractivity contribution in [1.29, 1.82) is 0 Å². The SMILES string of the molecule is COc1cccc(CNC(C)(C(=O)O)C(F)(F)F)c1F. The number of ether oxygens (including phenoxy) is 1. The number of alkyl halides is 3. The van der Waals surface area contributed by atoms with Gasteiger partial charge in [0.15, 0.2) is 11.6 Å². The normalized spacial score (nSPS) is 14.7. The number of halogens is 4. The highest BCUT2D eigenvalue weighted by Gasteiger charge is 2.57. The highest BCUT2D eigenvalue weighted by Crippen LogP contribution is 2.31. The van der Waals surface area contributed by atoms with Crippen molar-refractivity contribution in [3.63, 3.8) is 0 Å². The van der Waals surface area contributed by atoms with Crippen LogP contribution in [0.3, 0.4) is 0 Å². The van der Waals surface area contributed by atoms with Gasteiger partial charge in [-0.1, -0.05) is 12.1 Å². The summed E-state index contributed by atoms with van der Waals surface area (Å²) in [6.07, 6.45) is -5.02. The van der Waals surface area contributed by atoms with E-state index in [4.69, 9.17) is 9.84 Å². The molecule has 4 nitrogen and oxygen atoms in total. The lowest BCUT2D eigenvalue weighted by atomic mass is 10.0. The minimum absolute atomic E-state index is 0.124. The van der Waals surface area contributed by atoms with Crippen LogP contribution in [0.5, 0.6) is 5.75 Å². The van der Waals surface area contributed by atoms with Crippen LogP contribution < -0.4 is 10.1 Å². The molecule has 0 aliphatic carbocycles. The maximum atomic E-state index is 13.8. The first-order chi connectivity index (χ1) is 9.13. The van der Waals surface area contributed by atoms with E-state index in [2.05, 4.69) is 0 Å². The molecular formula is C12H13F4NO3. The number of rotatable bonds is 5. The Bertz CT molecular complexity index is 504. The molecule has 0 fully saturated rings. The number of aliphatic carboxylic acids is 1. The van der Waals surface area contributed by atoms with E-state index in [0.29, 0.717) is 6.92 Å². The number of hydrogen-bond acceptors (Lipinski definition) is 3. The lowest BCUT2D eigenvalue weighted by Crippen LogP contribution is -2.59. The molecule has 8 heteroatoms. The molecule has 0 aliphatic rings. The topological polar surface area (TPSA) is 58.6 Å². The fourth-order valence-electron chi connectivity index (χ4n) is 1.42. The molecule has 20 heavy (non-hydrogen) atoms. The molecule has 0 heterocycles. The van der Waals surface area contributed by atoms with E-state index >= 15 is 0 Å². The Morgan fingerprint density at radius 1 is 1.40 bits per heavy atom. The van der Waals surface area contributed by atoms with Crippen molar-refractivity contribution in [2.45, 2.75) is 25.2 Å². The number of benzene rings is 1. The molecule has 2 N–H and O–H groups in total. The number of carbonyl (C=O) groups is 1. The first-order valence-electron chi connectivity index (χ1n) is 5.50. The first kappa shape index (κ1) is 16.2. The molecule has 0 bridgehead atoms. The number of nitrogens with one attached hydrogen (secondary N) is 1. The zero-order chi connectivity index (χ0) is 15.6. The van der Waals surface area contributed by atoms with Gasteiger partial charge < -0.3 is 9.84 Å². The summed E-state index contributed by atoms with van der Waals surface area (Å²) >= 11 is 0. The van der Waals surface area contributed by atoms with Crippen LogP contribution in [0, 0.1) is 5.82 Å². The maximum absolute atomic E-state index is 13.8. The smallest absolute Gasteiger partial charge is 0.417 e. The number of methoxy groups -OCH3 is 1. The summed E-state index contributed by atoms with van der Waals surface area (Å²) in [5.41, 5.74) is -3.29. The Kier molecular flexibility index (Phi) is 4.59. The minimum atomic E-state index is -5.02. The Morgan fingerprint density at radius 2 is 2.00 bits per heavy atom. The number of carboxylic acid groups (broad SMARTS) is 1. The molecule has 0 spiro atoms. The second-order valence-electron chi connectivity index (χ2n) is 4.21. The lowest BCUT2D eigenvalue weighted by Gasteiger charge is -2.28. The maximum Gasteiger partial charge on any atom is 0.417 e. The van der Waals surface area contributed by atoms with E-state index in [0.717, 1.165) is 0 Å². The Morgan fingerprint density at radius 3 is 2.45 bits per heavy atom. The van der Waals surface area contributed by atoms with Gasteiger partial charge in [0.2, 0.25) is 5.54 Å². The molecule has 0 radical (unpaired) electrons. The molecule has 112 valence electrons. The van der Waals surface area contributed by atoms with Gasteiger partial charge in [0.1, 0.15) is 0 Å². The van der Waals surface area contributed by atoms with Crippen molar-refractivity contribution in [3.8, 4) is 5.75 Å². The molecule has 0 saturated carbocycles. The molecule has 1 aromatic carbocycles. The Hall–Kier alpha value is -1.83. The van der Waals surface area contributed by atoms with Gasteiger partial charge in [-0.25, -0.2) is 9.18 Å². The number of hydrogen-bond donors (Lipinski definition) is 2. The van der Waals surface area contributed by atoms with Gasteiger partial charge in [0.25, 0.3) is 0 Å². The second-order valence-corrected chi connectivity index (χ2v) is 4.21. The number of carboxylic acids is 1. The van der Waals surface area contributed by atoms with E-state index in [-0.39, 0.29) is 11.3 Å². The fraction of sp³-hybridized carbons (Fsp3) is 0.417. The van der Waals surface area contributed by atoms with Crippen LogP contribution in [0.15, 0.2) is 18.2 Å². The highest BCUT2D eigenvalue weighted by molar-refractivity contribution is 5.79. The Labute approximate surface area is 112 Å². The van der Waals surface area contributed by atoms with Crippen molar-refractivity contribution in [2.75, 3.05) is 7.11 Å². The van der Waals surface area contributed by atoms with Crippen molar-refractivity contribution in [3.05, 3.63) is 29.6 Å². The van der Waals surface area contributed by atoms with Gasteiger partial charge in [-0.3, -0.25) is 5.32 Å². The Balaban J connectivity index is 2.98. The summed E-state index contributed by atoms with van der Waals surface area (Å²) < 4.78 is 56.7. The largest absolute Gasteiger partial charge is 0.494 e. The van der Waals surface area contributed by atoms with E-state index in [1.807, 2.05) is 5.32 Å². The molecule has 1 atom stereocenters. The highest BCUT2D eigenvalue weighted by atomic mass is 19.4. The zero-order valence-corrected chi connectivity index (χ0v) is 10.7. The van der Waals surface area contributed by atoms with Crippen LogP contribution in [0.4, 0.5) is 17.6 Å². The van der Waals surface area contributed by atoms with Crippen LogP contribution in [-0.2, 0) is 11.3 Å². The summed E-state index contributed by atoms with van der Waals surface area (Å²) in [6, 6.07) is 3.94. The van der Waals surface area contributed by atoms with Crippen LogP contribution in [0.2, 0.25) is 0 Å². The van der Waals surface area contributed by atoms with E-state index in [1.165, 1.54) is 25.3 Å². The third-order valence-corrected chi connectivity index (χ3v) is 2.89. The van der Waals surface area contributed by atoms with Crippen LogP contribution in [0.25, 0.3) is 0 Å². The average Bonchev–Trinajstić information content (AvgIpc) is 2.35. The summed E-state index contributed by atoms with van der Waals surface area (Å²) in [4.78, 5) is 10.8. The van der Waals surface area contributed by atoms with Crippen LogP contribution in [-0.4, -0.2) is 29.9 Å². The fourth-order valence-corrected chi connectivity index (χ4v) is 1.42. The standard InChI is InChI=1S/C12H13F4NO3/c1-11(10(18)19,12(14,15)16)17-6-7-4-3-5-8(20-2)9(7)13/h3-5,17H,6H2,1-2H3,(H,18,19). The molecule has 1 aromatic rings. The van der Waals surface area contributed by atoms with Crippen molar-refractivity contribution in [1.82, 2.24) is 5.32 Å². The molecule has 0 amide bonds. The third kappa shape index (κ3) is 3.01. The van der Waals surface area contributed by atoms with Gasteiger partial charge in [-0.2, -0.15) is 13.2 Å². The molecule has 0 aromatic heterocycles. The summed E-state index contributed by atoms with van der Waals surface area (Å²) in [6.45, 7) is -0.126. The molecule has 0 aliphatic heterocycles. The van der Waals surface area contributed by atoms with E-state index in [9.17, 15) is 22.4 Å². The average molecular weight is 295 g/mol. The van der Waals surface area contributed by atoms with Crippen molar-refractivity contribution < 1.29 is 32.2 Å². The predicted octanol–water partition coefficient (Wildman–Crippen LogP) is 2.33. The van der Waals surface area contributed by atoms with Gasteiger partial charge in [-0.15, -0.1) is 0 Å². The van der Waals surface area contributed by atoms with Gasteiger partial charge >= 0.3 is 12.1 Å². The van der Waals surface area contributed by atoms with E-state index < -0.39 is 30.0 Å². The monoisotopic (exact) mass is 295 g/mol. The zero-order valence-electron chi connectivity index (χ0n) is 10.7. The molecular weight excluding hydrogens is 282 g/mol. The minimum Gasteiger partial charge on any atom is -0.494 e. The summed E-state index contributed by atoms with van der Waals surface area (Å²) in [5, 5.41) is 10.5. The molecule has 1 rings (SSSR count). The lowest BCUT2D eigenvalue weighted by molar-refractivity contribution is -0.206. The predicted molar refractivity (Wildman–Crippen MR) is 61.9 cm³/mol. The first-order valence-corrected chi connectivity index (χ1v) is 5.50. The molecule has 1 unspecified atom stereocenters. The van der Waals surface area contributed by atoms with Crippen LogP contribution >= 0.6 is 0 Å². The second kappa shape index (κ2) is 5.66. The quantitative estimate of drug-likeness (QED) is 0.819. The summed E-state index contributed by atoms with van der Waals surface area (Å²) in [5.74, 6) is -3.06. The van der Waals surface area contributed by atoms with Crippen LogP contribution in [0.1, 0.15) is 12.5 Å². The van der Waals surface area contributed by atoms with Crippen molar-refractivity contribution in [2.24, 2.45) is 0 Å². The van der Waals surface area contributed by atoms with E-state index in [1.54, 1.807) is 0 Å². The molecule has 0 saturated heterocycles.